The monoisotopic (exact) mass is 349 g/mol. The summed E-state index contributed by atoms with van der Waals surface area (Å²) in [6, 6.07) is 14.5. The molecule has 3 rings (SSSR count). The summed E-state index contributed by atoms with van der Waals surface area (Å²) in [6.45, 7) is 6.93. The van der Waals surface area contributed by atoms with Gasteiger partial charge >= 0.3 is 0 Å². The molecule has 0 radical (unpaired) electrons. The minimum atomic E-state index is -0.242. The van der Waals surface area contributed by atoms with Gasteiger partial charge in [0.05, 0.1) is 0 Å². The Morgan fingerprint density at radius 1 is 1.19 bits per heavy atom. The van der Waals surface area contributed by atoms with Gasteiger partial charge in [-0.2, -0.15) is 0 Å². The summed E-state index contributed by atoms with van der Waals surface area (Å²) in [4.78, 5) is 26.6. The van der Waals surface area contributed by atoms with Crippen molar-refractivity contribution in [3.8, 4) is 0 Å². The Kier molecular flexibility index (Phi) is 5.37. The van der Waals surface area contributed by atoms with Crippen LogP contribution in [0.2, 0.25) is 0 Å². The quantitative estimate of drug-likeness (QED) is 0.785. The number of hydrogen-bond donors (Lipinski definition) is 2. The molecule has 1 saturated heterocycles. The number of anilines is 2. The van der Waals surface area contributed by atoms with E-state index in [2.05, 4.69) is 17.2 Å². The molecule has 0 unspecified atom stereocenters. The van der Waals surface area contributed by atoms with Gasteiger partial charge in [-0.1, -0.05) is 30.3 Å². The molecule has 1 aliphatic rings. The molecule has 5 heteroatoms. The summed E-state index contributed by atoms with van der Waals surface area (Å²) >= 11 is 0. The standard InChI is InChI=1S/C21H23N3O2/c1-3-13-24-14-12-19(21(24)26)22-17-10-7-11-18(15(17)2)23-20(25)16-8-5-4-6-9-16/h3-11,19,22H,1,12-14H2,2H3,(H,23,25)/t19-/m0/s1. The topological polar surface area (TPSA) is 61.4 Å². The predicted octanol–water partition coefficient (Wildman–Crippen LogP) is 3.45. The molecular formula is C21H23N3O2. The maximum atomic E-state index is 12.4. The third-order valence-electron chi connectivity index (χ3n) is 4.59. The Bertz CT molecular complexity index is 817. The first-order chi connectivity index (χ1) is 12.6. The van der Waals surface area contributed by atoms with Gasteiger partial charge in [0.2, 0.25) is 5.91 Å². The van der Waals surface area contributed by atoms with E-state index < -0.39 is 0 Å². The Labute approximate surface area is 153 Å². The number of carbonyl (C=O) groups excluding carboxylic acids is 2. The van der Waals surface area contributed by atoms with Crippen molar-refractivity contribution in [2.75, 3.05) is 23.7 Å². The zero-order chi connectivity index (χ0) is 18.5. The van der Waals surface area contributed by atoms with Crippen molar-refractivity contribution in [3.63, 3.8) is 0 Å². The Morgan fingerprint density at radius 2 is 1.92 bits per heavy atom. The van der Waals surface area contributed by atoms with Crippen LogP contribution >= 0.6 is 0 Å². The van der Waals surface area contributed by atoms with E-state index in [-0.39, 0.29) is 17.9 Å². The van der Waals surface area contributed by atoms with E-state index in [4.69, 9.17) is 0 Å². The average Bonchev–Trinajstić information content (AvgIpc) is 2.99. The second-order valence-electron chi connectivity index (χ2n) is 6.36. The van der Waals surface area contributed by atoms with Gasteiger partial charge in [-0.15, -0.1) is 6.58 Å². The van der Waals surface area contributed by atoms with Crippen molar-refractivity contribution in [3.05, 3.63) is 72.3 Å². The zero-order valence-electron chi connectivity index (χ0n) is 14.9. The summed E-state index contributed by atoms with van der Waals surface area (Å²) in [6.07, 6.45) is 2.50. The Morgan fingerprint density at radius 3 is 2.65 bits per heavy atom. The number of hydrogen-bond acceptors (Lipinski definition) is 3. The van der Waals surface area contributed by atoms with Crippen LogP contribution in [0.4, 0.5) is 11.4 Å². The van der Waals surface area contributed by atoms with Crippen LogP contribution in [-0.4, -0.2) is 35.8 Å². The highest BCUT2D eigenvalue weighted by atomic mass is 16.2. The van der Waals surface area contributed by atoms with Gasteiger partial charge in [0.25, 0.3) is 5.91 Å². The first kappa shape index (κ1) is 17.7. The summed E-state index contributed by atoms with van der Waals surface area (Å²) in [5.41, 5.74) is 3.11. The van der Waals surface area contributed by atoms with Crippen molar-refractivity contribution in [2.45, 2.75) is 19.4 Å². The van der Waals surface area contributed by atoms with Crippen molar-refractivity contribution in [1.82, 2.24) is 4.90 Å². The second-order valence-corrected chi connectivity index (χ2v) is 6.36. The molecule has 0 aromatic heterocycles. The van der Waals surface area contributed by atoms with Crippen LogP contribution in [-0.2, 0) is 4.79 Å². The lowest BCUT2D eigenvalue weighted by Gasteiger charge is -2.18. The molecule has 1 fully saturated rings. The maximum Gasteiger partial charge on any atom is 0.255 e. The van der Waals surface area contributed by atoms with Gasteiger partial charge in [-0.25, -0.2) is 0 Å². The summed E-state index contributed by atoms with van der Waals surface area (Å²) in [7, 11) is 0. The second kappa shape index (κ2) is 7.87. The molecule has 2 amide bonds. The largest absolute Gasteiger partial charge is 0.373 e. The van der Waals surface area contributed by atoms with Crippen LogP contribution in [0.25, 0.3) is 0 Å². The summed E-state index contributed by atoms with van der Waals surface area (Å²) < 4.78 is 0. The van der Waals surface area contributed by atoms with Gasteiger partial charge in [0, 0.05) is 30.0 Å². The van der Waals surface area contributed by atoms with E-state index in [0.717, 1.165) is 29.9 Å². The smallest absolute Gasteiger partial charge is 0.255 e. The number of rotatable bonds is 6. The van der Waals surface area contributed by atoms with Gasteiger partial charge < -0.3 is 15.5 Å². The number of nitrogens with one attached hydrogen (secondary N) is 2. The number of amides is 2. The number of benzene rings is 2. The number of likely N-dealkylation sites (tertiary alicyclic amines) is 1. The first-order valence-corrected chi connectivity index (χ1v) is 8.72. The van der Waals surface area contributed by atoms with Gasteiger partial charge in [0.1, 0.15) is 6.04 Å². The first-order valence-electron chi connectivity index (χ1n) is 8.72. The van der Waals surface area contributed by atoms with Gasteiger partial charge in [-0.05, 0) is 43.2 Å². The van der Waals surface area contributed by atoms with Crippen molar-refractivity contribution >= 4 is 23.2 Å². The highest BCUT2D eigenvalue weighted by Gasteiger charge is 2.30. The SMILES string of the molecule is C=CCN1CC[C@H](Nc2cccc(NC(=O)c3ccccc3)c2C)C1=O. The lowest BCUT2D eigenvalue weighted by atomic mass is 10.1. The van der Waals surface area contributed by atoms with Crippen LogP contribution in [0, 0.1) is 6.92 Å². The van der Waals surface area contributed by atoms with Crippen LogP contribution in [0.15, 0.2) is 61.2 Å². The van der Waals surface area contributed by atoms with E-state index in [9.17, 15) is 9.59 Å². The lowest BCUT2D eigenvalue weighted by Crippen LogP contribution is -2.33. The van der Waals surface area contributed by atoms with Crippen LogP contribution in [0.5, 0.6) is 0 Å². The molecule has 5 nitrogen and oxygen atoms in total. The highest BCUT2D eigenvalue weighted by molar-refractivity contribution is 6.05. The summed E-state index contributed by atoms with van der Waals surface area (Å²) in [5.74, 6) is -0.0667. The minimum absolute atomic E-state index is 0.0861. The predicted molar refractivity (Wildman–Crippen MR) is 104 cm³/mol. The van der Waals surface area contributed by atoms with E-state index in [0.29, 0.717) is 12.1 Å². The van der Waals surface area contributed by atoms with Crippen molar-refractivity contribution < 1.29 is 9.59 Å². The van der Waals surface area contributed by atoms with Crippen LogP contribution in [0.3, 0.4) is 0 Å². The molecule has 1 heterocycles. The highest BCUT2D eigenvalue weighted by Crippen LogP contribution is 2.26. The molecule has 134 valence electrons. The number of nitrogens with zero attached hydrogens (tertiary/aromatic N) is 1. The van der Waals surface area contributed by atoms with Gasteiger partial charge in [0.15, 0.2) is 0 Å². The molecule has 26 heavy (non-hydrogen) atoms. The minimum Gasteiger partial charge on any atom is -0.373 e. The normalized spacial score (nSPS) is 16.4. The molecule has 0 spiro atoms. The maximum absolute atomic E-state index is 12.4. The van der Waals surface area contributed by atoms with Crippen molar-refractivity contribution in [2.24, 2.45) is 0 Å². The third-order valence-corrected chi connectivity index (χ3v) is 4.59. The third kappa shape index (κ3) is 3.77. The zero-order valence-corrected chi connectivity index (χ0v) is 14.9. The van der Waals surface area contributed by atoms with E-state index >= 15 is 0 Å². The summed E-state index contributed by atoms with van der Waals surface area (Å²) in [5, 5.41) is 6.27. The van der Waals surface area contributed by atoms with E-state index in [1.165, 1.54) is 0 Å². The molecule has 2 aromatic rings. The molecular weight excluding hydrogens is 326 g/mol. The van der Waals surface area contributed by atoms with E-state index in [1.54, 1.807) is 23.1 Å². The average molecular weight is 349 g/mol. The Hall–Kier alpha value is -3.08. The van der Waals surface area contributed by atoms with Crippen LogP contribution < -0.4 is 10.6 Å². The molecule has 0 aliphatic carbocycles. The van der Waals surface area contributed by atoms with Gasteiger partial charge in [-0.3, -0.25) is 9.59 Å². The fourth-order valence-electron chi connectivity index (χ4n) is 3.11. The lowest BCUT2D eigenvalue weighted by molar-refractivity contribution is -0.127. The fourth-order valence-corrected chi connectivity index (χ4v) is 3.11. The fraction of sp³-hybridized carbons (Fsp3) is 0.238. The van der Waals surface area contributed by atoms with Crippen molar-refractivity contribution in [1.29, 1.82) is 0 Å². The number of carbonyl (C=O) groups is 2. The molecule has 1 aliphatic heterocycles. The molecule has 1 atom stereocenters. The molecule has 2 N–H and O–H groups in total. The Balaban J connectivity index is 1.72. The van der Waals surface area contributed by atoms with E-state index in [1.807, 2.05) is 43.3 Å². The molecule has 2 aromatic carbocycles. The molecule has 0 bridgehead atoms. The van der Waals surface area contributed by atoms with Crippen LogP contribution in [0.1, 0.15) is 22.3 Å². The molecule has 0 saturated carbocycles.